The highest BCUT2D eigenvalue weighted by Crippen LogP contribution is 2.22. The summed E-state index contributed by atoms with van der Waals surface area (Å²) in [6.45, 7) is 1.45. The summed E-state index contributed by atoms with van der Waals surface area (Å²) in [4.78, 5) is 0. The molecular weight excluding hydrogens is 310 g/mol. The predicted octanol–water partition coefficient (Wildman–Crippen LogP) is 3.00. The number of para-hydroxylation sites is 1. The zero-order chi connectivity index (χ0) is 16.1. The molecule has 2 aromatic rings. The first-order valence-corrected chi connectivity index (χ1v) is 9.66. The largest absolute Gasteiger partial charge is 0.457 e. The Morgan fingerprint density at radius 2 is 1.83 bits per heavy atom. The molecule has 3 rings (SSSR count). The minimum absolute atomic E-state index is 0.240. The van der Waals surface area contributed by atoms with Gasteiger partial charge in [0.05, 0.1) is 11.5 Å². The summed E-state index contributed by atoms with van der Waals surface area (Å²) in [6, 6.07) is 17.6. The Kier molecular flexibility index (Phi) is 4.98. The first-order chi connectivity index (χ1) is 11.1. The van der Waals surface area contributed by atoms with Gasteiger partial charge in [-0.15, -0.1) is 0 Å². The van der Waals surface area contributed by atoms with E-state index < -0.39 is 9.84 Å². The minimum atomic E-state index is -2.79. The highest BCUT2D eigenvalue weighted by molar-refractivity contribution is 7.91. The van der Waals surface area contributed by atoms with Crippen LogP contribution in [-0.2, 0) is 16.4 Å². The van der Waals surface area contributed by atoms with Gasteiger partial charge in [-0.1, -0.05) is 30.3 Å². The summed E-state index contributed by atoms with van der Waals surface area (Å²) in [5.74, 6) is 2.51. The maximum absolute atomic E-state index is 11.4. The van der Waals surface area contributed by atoms with Gasteiger partial charge >= 0.3 is 0 Å². The van der Waals surface area contributed by atoms with Gasteiger partial charge in [0.25, 0.3) is 0 Å². The molecule has 1 aliphatic rings. The third-order valence-electron chi connectivity index (χ3n) is 3.97. The van der Waals surface area contributed by atoms with Gasteiger partial charge in [0.2, 0.25) is 0 Å². The third kappa shape index (κ3) is 4.81. The van der Waals surface area contributed by atoms with E-state index in [-0.39, 0.29) is 5.92 Å². The molecule has 1 unspecified atom stereocenters. The number of rotatable bonds is 6. The molecule has 0 aliphatic carbocycles. The number of nitrogens with one attached hydrogen (secondary N) is 1. The van der Waals surface area contributed by atoms with Crippen LogP contribution in [0.25, 0.3) is 0 Å². The molecule has 1 saturated heterocycles. The summed E-state index contributed by atoms with van der Waals surface area (Å²) >= 11 is 0. The second-order valence-corrected chi connectivity index (χ2v) is 8.19. The molecular formula is C18H21NO3S. The van der Waals surface area contributed by atoms with Crippen molar-refractivity contribution in [1.82, 2.24) is 5.32 Å². The van der Waals surface area contributed by atoms with E-state index in [2.05, 4.69) is 5.32 Å². The topological polar surface area (TPSA) is 55.4 Å². The van der Waals surface area contributed by atoms with Crippen molar-refractivity contribution in [1.29, 1.82) is 0 Å². The van der Waals surface area contributed by atoms with Crippen molar-refractivity contribution >= 4 is 9.84 Å². The Morgan fingerprint density at radius 1 is 1.04 bits per heavy atom. The maximum atomic E-state index is 11.4. The monoisotopic (exact) mass is 331 g/mol. The zero-order valence-electron chi connectivity index (χ0n) is 12.9. The Labute approximate surface area is 137 Å². The lowest BCUT2D eigenvalue weighted by atomic mass is 10.1. The van der Waals surface area contributed by atoms with E-state index in [0.717, 1.165) is 30.0 Å². The Hall–Kier alpha value is -1.85. The summed E-state index contributed by atoms with van der Waals surface area (Å²) in [6.07, 6.45) is 0.770. The van der Waals surface area contributed by atoms with E-state index in [4.69, 9.17) is 4.74 Å². The molecule has 1 aliphatic heterocycles. The van der Waals surface area contributed by atoms with Crippen molar-refractivity contribution in [3.63, 3.8) is 0 Å². The molecule has 0 radical (unpaired) electrons. The Balaban J connectivity index is 1.52. The smallest absolute Gasteiger partial charge is 0.150 e. The van der Waals surface area contributed by atoms with E-state index in [1.54, 1.807) is 0 Å². The normalized spacial score (nSPS) is 19.6. The molecule has 4 nitrogen and oxygen atoms in total. The van der Waals surface area contributed by atoms with Crippen LogP contribution in [0.5, 0.6) is 11.5 Å². The summed E-state index contributed by atoms with van der Waals surface area (Å²) in [5.41, 5.74) is 1.12. The SMILES string of the molecule is O=S1(=O)CCC(CNCc2cccc(Oc3ccccc3)c2)C1. The molecule has 1 fully saturated rings. The quantitative estimate of drug-likeness (QED) is 0.884. The lowest BCUT2D eigenvalue weighted by Gasteiger charge is -2.11. The van der Waals surface area contributed by atoms with Crippen LogP contribution in [0.15, 0.2) is 54.6 Å². The maximum Gasteiger partial charge on any atom is 0.150 e. The Morgan fingerprint density at radius 3 is 2.57 bits per heavy atom. The molecule has 1 N–H and O–H groups in total. The fourth-order valence-corrected chi connectivity index (χ4v) is 4.66. The highest BCUT2D eigenvalue weighted by atomic mass is 32.2. The molecule has 23 heavy (non-hydrogen) atoms. The van der Waals surface area contributed by atoms with E-state index >= 15 is 0 Å². The van der Waals surface area contributed by atoms with E-state index in [1.165, 1.54) is 0 Å². The Bertz CT molecular complexity index is 744. The van der Waals surface area contributed by atoms with Crippen LogP contribution in [0.4, 0.5) is 0 Å². The minimum Gasteiger partial charge on any atom is -0.457 e. The van der Waals surface area contributed by atoms with Gasteiger partial charge in [0.15, 0.2) is 9.84 Å². The molecule has 0 saturated carbocycles. The molecule has 5 heteroatoms. The van der Waals surface area contributed by atoms with Crippen molar-refractivity contribution in [3.05, 3.63) is 60.2 Å². The van der Waals surface area contributed by atoms with Crippen LogP contribution in [0.3, 0.4) is 0 Å². The van der Waals surface area contributed by atoms with Crippen LogP contribution < -0.4 is 10.1 Å². The van der Waals surface area contributed by atoms with Gasteiger partial charge < -0.3 is 10.1 Å². The van der Waals surface area contributed by atoms with Gasteiger partial charge in [-0.25, -0.2) is 8.42 Å². The van der Waals surface area contributed by atoms with Crippen LogP contribution >= 0.6 is 0 Å². The molecule has 2 aromatic carbocycles. The number of hydrogen-bond donors (Lipinski definition) is 1. The van der Waals surface area contributed by atoms with E-state index in [9.17, 15) is 8.42 Å². The van der Waals surface area contributed by atoms with Crippen molar-refractivity contribution < 1.29 is 13.2 Å². The van der Waals surface area contributed by atoms with Crippen LogP contribution in [0.2, 0.25) is 0 Å². The molecule has 1 heterocycles. The van der Waals surface area contributed by atoms with Crippen LogP contribution in [0.1, 0.15) is 12.0 Å². The molecule has 0 bridgehead atoms. The fourth-order valence-electron chi connectivity index (χ4n) is 2.80. The zero-order valence-corrected chi connectivity index (χ0v) is 13.8. The summed E-state index contributed by atoms with van der Waals surface area (Å²) in [7, 11) is -2.79. The number of sulfone groups is 1. The lowest BCUT2D eigenvalue weighted by molar-refractivity contribution is 0.480. The highest BCUT2D eigenvalue weighted by Gasteiger charge is 2.27. The first kappa shape index (κ1) is 16.0. The van der Waals surface area contributed by atoms with Crippen LogP contribution in [-0.4, -0.2) is 26.5 Å². The summed E-state index contributed by atoms with van der Waals surface area (Å²) in [5, 5.41) is 3.35. The van der Waals surface area contributed by atoms with Gasteiger partial charge in [-0.3, -0.25) is 0 Å². The van der Waals surface area contributed by atoms with Gasteiger partial charge in [-0.2, -0.15) is 0 Å². The van der Waals surface area contributed by atoms with Gasteiger partial charge in [0.1, 0.15) is 11.5 Å². The molecule has 1 atom stereocenters. The molecule has 0 aromatic heterocycles. The van der Waals surface area contributed by atoms with Gasteiger partial charge in [-0.05, 0) is 48.7 Å². The average molecular weight is 331 g/mol. The molecule has 0 amide bonds. The lowest BCUT2D eigenvalue weighted by Crippen LogP contribution is -2.23. The van der Waals surface area contributed by atoms with E-state index in [0.29, 0.717) is 18.1 Å². The van der Waals surface area contributed by atoms with Crippen molar-refractivity contribution in [2.45, 2.75) is 13.0 Å². The fraction of sp³-hybridized carbons (Fsp3) is 0.333. The number of hydrogen-bond acceptors (Lipinski definition) is 4. The van der Waals surface area contributed by atoms with E-state index in [1.807, 2.05) is 54.6 Å². The van der Waals surface area contributed by atoms with Crippen LogP contribution in [0, 0.1) is 5.92 Å². The molecule has 122 valence electrons. The first-order valence-electron chi connectivity index (χ1n) is 7.84. The second kappa shape index (κ2) is 7.15. The van der Waals surface area contributed by atoms with Crippen molar-refractivity contribution in [2.24, 2.45) is 5.92 Å². The standard InChI is InChI=1S/C18H21NO3S/c20-23(21)10-9-16(14-23)13-19-12-15-5-4-8-18(11-15)22-17-6-2-1-3-7-17/h1-8,11,16,19H,9-10,12-14H2. The molecule has 0 spiro atoms. The predicted molar refractivity (Wildman–Crippen MR) is 91.4 cm³/mol. The summed E-state index contributed by atoms with van der Waals surface area (Å²) < 4.78 is 28.7. The van der Waals surface area contributed by atoms with Crippen molar-refractivity contribution in [2.75, 3.05) is 18.1 Å². The number of benzene rings is 2. The average Bonchev–Trinajstić information content (AvgIpc) is 2.88. The third-order valence-corrected chi connectivity index (χ3v) is 5.80. The number of ether oxygens (including phenoxy) is 1. The van der Waals surface area contributed by atoms with Gasteiger partial charge in [0, 0.05) is 6.54 Å². The second-order valence-electron chi connectivity index (χ2n) is 5.96. The van der Waals surface area contributed by atoms with Crippen molar-refractivity contribution in [3.8, 4) is 11.5 Å².